The summed E-state index contributed by atoms with van der Waals surface area (Å²) in [6.45, 7) is 2.05. The van der Waals surface area contributed by atoms with E-state index in [9.17, 15) is 4.79 Å². The predicted octanol–water partition coefficient (Wildman–Crippen LogP) is 2.42. The molecular weight excluding hydrogens is 266 g/mol. The molecule has 3 rings (SSSR count). The van der Waals surface area contributed by atoms with E-state index in [4.69, 9.17) is 4.74 Å². The lowest BCUT2D eigenvalue weighted by molar-refractivity contribution is 0.0602. The fourth-order valence-electron chi connectivity index (χ4n) is 2.24. The molecule has 0 fully saturated rings. The monoisotopic (exact) mass is 281 g/mol. The standard InChI is InChI=1S/C16H15N3O2/c1-11-5-7-12(8-6-11)10-14-17-18-15-13(16(20)21-2)4-3-9-19(14)15/h3-9H,10H2,1-2H3. The highest BCUT2D eigenvalue weighted by molar-refractivity contribution is 5.95. The van der Waals surface area contributed by atoms with Crippen molar-refractivity contribution in [3.63, 3.8) is 0 Å². The Hall–Kier alpha value is -2.69. The van der Waals surface area contributed by atoms with Crippen LogP contribution in [0.25, 0.3) is 5.65 Å². The number of pyridine rings is 1. The number of ether oxygens (including phenoxy) is 1. The second-order valence-electron chi connectivity index (χ2n) is 4.89. The number of carbonyl (C=O) groups is 1. The quantitative estimate of drug-likeness (QED) is 0.692. The first-order valence-corrected chi connectivity index (χ1v) is 6.65. The number of aromatic nitrogens is 3. The Morgan fingerprint density at radius 3 is 2.67 bits per heavy atom. The third-order valence-corrected chi connectivity index (χ3v) is 3.39. The van der Waals surface area contributed by atoms with E-state index in [0.29, 0.717) is 17.6 Å². The van der Waals surface area contributed by atoms with Gasteiger partial charge in [-0.15, -0.1) is 10.2 Å². The molecule has 0 saturated carbocycles. The number of methoxy groups -OCH3 is 1. The molecule has 106 valence electrons. The third kappa shape index (κ3) is 2.50. The van der Waals surface area contributed by atoms with E-state index in [1.807, 2.05) is 10.6 Å². The van der Waals surface area contributed by atoms with Gasteiger partial charge in [0.1, 0.15) is 11.4 Å². The predicted molar refractivity (Wildman–Crippen MR) is 78.3 cm³/mol. The molecule has 21 heavy (non-hydrogen) atoms. The van der Waals surface area contributed by atoms with E-state index in [2.05, 4.69) is 41.4 Å². The van der Waals surface area contributed by atoms with Crippen LogP contribution >= 0.6 is 0 Å². The molecule has 0 bridgehead atoms. The molecule has 0 atom stereocenters. The van der Waals surface area contributed by atoms with Crippen LogP contribution in [0.2, 0.25) is 0 Å². The summed E-state index contributed by atoms with van der Waals surface area (Å²) in [7, 11) is 1.36. The van der Waals surface area contributed by atoms with Crippen LogP contribution in [-0.4, -0.2) is 27.7 Å². The van der Waals surface area contributed by atoms with Crippen LogP contribution < -0.4 is 0 Å². The zero-order valence-corrected chi connectivity index (χ0v) is 11.9. The van der Waals surface area contributed by atoms with Crippen LogP contribution in [0.3, 0.4) is 0 Å². The molecule has 2 heterocycles. The molecule has 0 spiro atoms. The summed E-state index contributed by atoms with van der Waals surface area (Å²) < 4.78 is 6.59. The number of fused-ring (bicyclic) bond motifs is 1. The maximum atomic E-state index is 11.7. The van der Waals surface area contributed by atoms with Crippen LogP contribution in [-0.2, 0) is 11.2 Å². The lowest BCUT2D eigenvalue weighted by atomic mass is 10.1. The Morgan fingerprint density at radius 1 is 1.19 bits per heavy atom. The minimum Gasteiger partial charge on any atom is -0.465 e. The van der Waals surface area contributed by atoms with E-state index in [1.165, 1.54) is 12.7 Å². The van der Waals surface area contributed by atoms with Gasteiger partial charge in [0.05, 0.1) is 7.11 Å². The van der Waals surface area contributed by atoms with Gasteiger partial charge in [-0.2, -0.15) is 0 Å². The van der Waals surface area contributed by atoms with Gasteiger partial charge in [0.25, 0.3) is 0 Å². The van der Waals surface area contributed by atoms with Crippen molar-refractivity contribution in [3.05, 3.63) is 65.1 Å². The highest BCUT2D eigenvalue weighted by atomic mass is 16.5. The van der Waals surface area contributed by atoms with Gasteiger partial charge in [0.2, 0.25) is 0 Å². The smallest absolute Gasteiger partial charge is 0.341 e. The van der Waals surface area contributed by atoms with Crippen LogP contribution in [0, 0.1) is 6.92 Å². The Labute approximate surface area is 122 Å². The molecule has 5 nitrogen and oxygen atoms in total. The molecule has 5 heteroatoms. The molecule has 2 aromatic heterocycles. The lowest BCUT2D eigenvalue weighted by Crippen LogP contribution is -2.05. The zero-order valence-electron chi connectivity index (χ0n) is 11.9. The van der Waals surface area contributed by atoms with Gasteiger partial charge in [-0.25, -0.2) is 4.79 Å². The fraction of sp³-hybridized carbons (Fsp3) is 0.188. The molecule has 3 aromatic rings. The van der Waals surface area contributed by atoms with Crippen LogP contribution in [0.1, 0.15) is 27.3 Å². The van der Waals surface area contributed by atoms with Crippen LogP contribution in [0.15, 0.2) is 42.6 Å². The average molecular weight is 281 g/mol. The number of aryl methyl sites for hydroxylation is 1. The van der Waals surface area contributed by atoms with E-state index in [0.717, 1.165) is 11.4 Å². The number of carbonyl (C=O) groups excluding carboxylic acids is 1. The van der Waals surface area contributed by atoms with Crippen molar-refractivity contribution in [2.24, 2.45) is 0 Å². The third-order valence-electron chi connectivity index (χ3n) is 3.39. The van der Waals surface area contributed by atoms with E-state index < -0.39 is 5.97 Å². The van der Waals surface area contributed by atoms with Gasteiger partial charge in [-0.3, -0.25) is 4.40 Å². The van der Waals surface area contributed by atoms with E-state index in [1.54, 1.807) is 12.1 Å². The first kappa shape index (κ1) is 13.3. The fourth-order valence-corrected chi connectivity index (χ4v) is 2.24. The van der Waals surface area contributed by atoms with Gasteiger partial charge < -0.3 is 4.74 Å². The van der Waals surface area contributed by atoms with Crippen LogP contribution in [0.5, 0.6) is 0 Å². The number of benzene rings is 1. The summed E-state index contributed by atoms with van der Waals surface area (Å²) in [5.74, 6) is 0.384. The SMILES string of the molecule is COC(=O)c1cccn2c(Cc3ccc(C)cc3)nnc12. The number of esters is 1. The molecule has 0 aliphatic heterocycles. The molecule has 0 unspecified atom stereocenters. The van der Waals surface area contributed by atoms with Gasteiger partial charge in [0, 0.05) is 12.6 Å². The first-order chi connectivity index (χ1) is 10.2. The minimum atomic E-state index is -0.408. The first-order valence-electron chi connectivity index (χ1n) is 6.65. The van der Waals surface area contributed by atoms with Crippen LogP contribution in [0.4, 0.5) is 0 Å². The lowest BCUT2D eigenvalue weighted by Gasteiger charge is -2.03. The summed E-state index contributed by atoms with van der Waals surface area (Å²) in [6, 6.07) is 11.8. The molecule has 1 aromatic carbocycles. The summed E-state index contributed by atoms with van der Waals surface area (Å²) in [5, 5.41) is 8.31. The number of hydrogen-bond acceptors (Lipinski definition) is 4. The largest absolute Gasteiger partial charge is 0.465 e. The summed E-state index contributed by atoms with van der Waals surface area (Å²) in [6.07, 6.45) is 2.51. The number of hydrogen-bond donors (Lipinski definition) is 0. The van der Waals surface area contributed by atoms with Crippen molar-refractivity contribution in [2.45, 2.75) is 13.3 Å². The Balaban J connectivity index is 2.01. The van der Waals surface area contributed by atoms with Crippen molar-refractivity contribution in [1.29, 1.82) is 0 Å². The summed E-state index contributed by atoms with van der Waals surface area (Å²) >= 11 is 0. The molecule has 0 radical (unpaired) electrons. The maximum Gasteiger partial charge on any atom is 0.341 e. The minimum absolute atomic E-state index is 0.408. The summed E-state index contributed by atoms with van der Waals surface area (Å²) in [5.41, 5.74) is 3.31. The van der Waals surface area contributed by atoms with Gasteiger partial charge in [-0.1, -0.05) is 29.8 Å². The Morgan fingerprint density at radius 2 is 1.95 bits per heavy atom. The highest BCUT2D eigenvalue weighted by Gasteiger charge is 2.15. The second kappa shape index (κ2) is 5.36. The molecule has 0 N–H and O–H groups in total. The van der Waals surface area contributed by atoms with Gasteiger partial charge in [-0.05, 0) is 24.6 Å². The normalized spacial score (nSPS) is 10.8. The maximum absolute atomic E-state index is 11.7. The number of nitrogens with zero attached hydrogens (tertiary/aromatic N) is 3. The highest BCUT2D eigenvalue weighted by Crippen LogP contribution is 2.14. The van der Waals surface area contributed by atoms with Gasteiger partial charge >= 0.3 is 5.97 Å². The Kier molecular flexibility index (Phi) is 3.39. The van der Waals surface area contributed by atoms with Crippen molar-refractivity contribution < 1.29 is 9.53 Å². The topological polar surface area (TPSA) is 56.5 Å². The molecule has 0 aliphatic carbocycles. The average Bonchev–Trinajstić information content (AvgIpc) is 2.92. The molecular formula is C16H15N3O2. The van der Waals surface area contributed by atoms with Crippen molar-refractivity contribution in [3.8, 4) is 0 Å². The summed E-state index contributed by atoms with van der Waals surface area (Å²) in [4.78, 5) is 11.7. The zero-order chi connectivity index (χ0) is 14.8. The van der Waals surface area contributed by atoms with E-state index in [-0.39, 0.29) is 0 Å². The molecule has 0 amide bonds. The van der Waals surface area contributed by atoms with Crippen molar-refractivity contribution >= 4 is 11.6 Å². The Bertz CT molecular complexity index is 791. The molecule has 0 aliphatic rings. The van der Waals surface area contributed by atoms with Crippen molar-refractivity contribution in [2.75, 3.05) is 7.11 Å². The second-order valence-corrected chi connectivity index (χ2v) is 4.89. The number of rotatable bonds is 3. The van der Waals surface area contributed by atoms with Gasteiger partial charge in [0.15, 0.2) is 5.65 Å². The van der Waals surface area contributed by atoms with Crippen molar-refractivity contribution in [1.82, 2.24) is 14.6 Å². The van der Waals surface area contributed by atoms with E-state index >= 15 is 0 Å². The molecule has 0 saturated heterocycles.